The molecule has 2 N–H and O–H groups in total. The number of benzene rings is 2. The zero-order valence-corrected chi connectivity index (χ0v) is 17.7. The smallest absolute Gasteiger partial charge is 0.126 e. The maximum atomic E-state index is 10.7. The van der Waals surface area contributed by atoms with E-state index in [2.05, 4.69) is 4.90 Å². The molecule has 1 fully saturated rings. The predicted molar refractivity (Wildman–Crippen MR) is 114 cm³/mol. The number of methoxy groups -OCH3 is 1. The van der Waals surface area contributed by atoms with Crippen LogP contribution in [0.4, 0.5) is 0 Å². The van der Waals surface area contributed by atoms with Gasteiger partial charge in [-0.25, -0.2) is 0 Å². The van der Waals surface area contributed by atoms with Gasteiger partial charge in [0.15, 0.2) is 0 Å². The lowest BCUT2D eigenvalue weighted by Crippen LogP contribution is -2.51. The molecule has 0 saturated carbocycles. The quantitative estimate of drug-likeness (QED) is 0.756. The molecule has 0 aromatic heterocycles. The van der Waals surface area contributed by atoms with Gasteiger partial charge in [0.2, 0.25) is 0 Å². The van der Waals surface area contributed by atoms with Crippen molar-refractivity contribution in [2.45, 2.75) is 44.0 Å². The van der Waals surface area contributed by atoms with E-state index in [-0.39, 0.29) is 5.60 Å². The first-order valence-electron chi connectivity index (χ1n) is 10.7. The van der Waals surface area contributed by atoms with Crippen molar-refractivity contribution in [3.05, 3.63) is 53.6 Å². The number of fused-ring (bicyclic) bond motifs is 1. The van der Waals surface area contributed by atoms with Crippen LogP contribution < -0.4 is 14.2 Å². The van der Waals surface area contributed by atoms with Crippen LogP contribution in [0.5, 0.6) is 17.2 Å². The summed E-state index contributed by atoms with van der Waals surface area (Å²) in [5.41, 5.74) is 1.35. The molecule has 6 nitrogen and oxygen atoms in total. The summed E-state index contributed by atoms with van der Waals surface area (Å²) in [6.07, 6.45) is 1.14. The highest BCUT2D eigenvalue weighted by molar-refractivity contribution is 5.43. The summed E-state index contributed by atoms with van der Waals surface area (Å²) < 4.78 is 17.1. The normalized spacial score (nSPS) is 21.5. The number of rotatable bonds is 6. The SMILES string of the molecule is CCOc1ccc([C@@H](O)CN2CCC3(CC2)C[C@H](O)c2cc(OC)ccc2O3)cc1. The van der Waals surface area contributed by atoms with Crippen molar-refractivity contribution in [3.8, 4) is 17.2 Å². The van der Waals surface area contributed by atoms with Crippen LogP contribution in [0.25, 0.3) is 0 Å². The van der Waals surface area contributed by atoms with Crippen molar-refractivity contribution in [2.24, 2.45) is 0 Å². The van der Waals surface area contributed by atoms with Gasteiger partial charge < -0.3 is 29.3 Å². The first-order chi connectivity index (χ1) is 14.5. The van der Waals surface area contributed by atoms with E-state index >= 15 is 0 Å². The van der Waals surface area contributed by atoms with Gasteiger partial charge in [0.25, 0.3) is 0 Å². The van der Waals surface area contributed by atoms with Gasteiger partial charge in [0.1, 0.15) is 22.8 Å². The summed E-state index contributed by atoms with van der Waals surface area (Å²) in [4.78, 5) is 2.27. The minimum absolute atomic E-state index is 0.346. The third kappa shape index (κ3) is 4.41. The van der Waals surface area contributed by atoms with E-state index in [1.165, 1.54) is 0 Å². The van der Waals surface area contributed by atoms with Gasteiger partial charge in [0, 0.05) is 31.6 Å². The van der Waals surface area contributed by atoms with Gasteiger partial charge in [-0.1, -0.05) is 12.1 Å². The van der Waals surface area contributed by atoms with Crippen molar-refractivity contribution in [1.29, 1.82) is 0 Å². The van der Waals surface area contributed by atoms with Gasteiger partial charge in [-0.3, -0.25) is 0 Å². The lowest BCUT2D eigenvalue weighted by Gasteiger charge is -2.46. The Morgan fingerprint density at radius 3 is 2.50 bits per heavy atom. The van der Waals surface area contributed by atoms with E-state index in [9.17, 15) is 10.2 Å². The summed E-state index contributed by atoms with van der Waals surface area (Å²) in [7, 11) is 1.62. The van der Waals surface area contributed by atoms with Gasteiger partial charge in [-0.15, -0.1) is 0 Å². The Balaban J connectivity index is 1.35. The highest BCUT2D eigenvalue weighted by Crippen LogP contribution is 2.45. The second-order valence-electron chi connectivity index (χ2n) is 8.23. The fourth-order valence-corrected chi connectivity index (χ4v) is 4.50. The van der Waals surface area contributed by atoms with Crippen LogP contribution in [-0.4, -0.2) is 54.1 Å². The molecule has 1 saturated heterocycles. The van der Waals surface area contributed by atoms with Crippen LogP contribution in [0.3, 0.4) is 0 Å². The standard InChI is InChI=1S/C24H31NO5/c1-3-29-18-6-4-17(5-7-18)22(27)16-25-12-10-24(11-13-25)15-21(26)20-14-19(28-2)8-9-23(20)30-24/h4-9,14,21-22,26-27H,3,10-13,15-16H2,1-2H3/t21-,22-/m0/s1. The lowest BCUT2D eigenvalue weighted by atomic mass is 9.81. The van der Waals surface area contributed by atoms with Crippen LogP contribution in [0, 0.1) is 0 Å². The Bertz CT molecular complexity index is 845. The number of hydrogen-bond acceptors (Lipinski definition) is 6. The van der Waals surface area contributed by atoms with Crippen molar-refractivity contribution in [1.82, 2.24) is 4.90 Å². The van der Waals surface area contributed by atoms with E-state index in [1.807, 2.05) is 49.4 Å². The fraction of sp³-hybridized carbons (Fsp3) is 0.500. The molecule has 1 spiro atoms. The number of aliphatic hydroxyl groups is 2. The molecule has 30 heavy (non-hydrogen) atoms. The van der Waals surface area contributed by atoms with Crippen molar-refractivity contribution in [3.63, 3.8) is 0 Å². The molecule has 2 heterocycles. The number of β-amino-alcohol motifs (C(OH)–C–C–N with tert-alkyl or cyclic N) is 1. The fourth-order valence-electron chi connectivity index (χ4n) is 4.50. The second kappa shape index (κ2) is 8.84. The average molecular weight is 414 g/mol. The van der Waals surface area contributed by atoms with Gasteiger partial charge >= 0.3 is 0 Å². The van der Waals surface area contributed by atoms with Crippen LogP contribution in [0.1, 0.15) is 49.5 Å². The monoisotopic (exact) mass is 413 g/mol. The van der Waals surface area contributed by atoms with Gasteiger partial charge in [-0.05, 0) is 55.7 Å². The largest absolute Gasteiger partial charge is 0.497 e. The highest BCUT2D eigenvalue weighted by atomic mass is 16.5. The first kappa shape index (κ1) is 21.0. The van der Waals surface area contributed by atoms with Crippen LogP contribution >= 0.6 is 0 Å². The number of piperidine rings is 1. The number of aliphatic hydroxyl groups excluding tert-OH is 2. The third-order valence-electron chi connectivity index (χ3n) is 6.24. The zero-order valence-electron chi connectivity index (χ0n) is 17.7. The molecular formula is C24H31NO5. The molecule has 2 aliphatic heterocycles. The molecule has 2 atom stereocenters. The first-order valence-corrected chi connectivity index (χ1v) is 10.7. The van der Waals surface area contributed by atoms with Crippen LogP contribution in [-0.2, 0) is 0 Å². The number of likely N-dealkylation sites (tertiary alicyclic amines) is 1. The highest BCUT2D eigenvalue weighted by Gasteiger charge is 2.43. The summed E-state index contributed by atoms with van der Waals surface area (Å²) in [6, 6.07) is 13.3. The summed E-state index contributed by atoms with van der Waals surface area (Å²) in [6.45, 7) is 4.82. The van der Waals surface area contributed by atoms with Gasteiger partial charge in [-0.2, -0.15) is 0 Å². The molecule has 0 bridgehead atoms. The minimum atomic E-state index is -0.551. The van der Waals surface area contributed by atoms with E-state index < -0.39 is 12.2 Å². The van der Waals surface area contributed by atoms with Crippen molar-refractivity contribution < 1.29 is 24.4 Å². The molecule has 4 rings (SSSR count). The maximum absolute atomic E-state index is 10.7. The molecule has 2 aromatic rings. The van der Waals surface area contributed by atoms with E-state index in [4.69, 9.17) is 14.2 Å². The van der Waals surface area contributed by atoms with Crippen molar-refractivity contribution >= 4 is 0 Å². The number of nitrogens with zero attached hydrogens (tertiary/aromatic N) is 1. The molecule has 0 aliphatic carbocycles. The molecule has 0 radical (unpaired) electrons. The van der Waals surface area contributed by atoms with Crippen LogP contribution in [0.2, 0.25) is 0 Å². The number of ether oxygens (including phenoxy) is 3. The Labute approximate surface area is 178 Å². The molecule has 2 aliphatic rings. The third-order valence-corrected chi connectivity index (χ3v) is 6.24. The second-order valence-corrected chi connectivity index (χ2v) is 8.23. The van der Waals surface area contributed by atoms with E-state index in [0.29, 0.717) is 19.6 Å². The van der Waals surface area contributed by atoms with Crippen molar-refractivity contribution in [2.75, 3.05) is 33.4 Å². The molecule has 2 aromatic carbocycles. The summed E-state index contributed by atoms with van der Waals surface area (Å²) in [5.74, 6) is 2.29. The Kier molecular flexibility index (Phi) is 6.18. The minimum Gasteiger partial charge on any atom is -0.497 e. The summed E-state index contributed by atoms with van der Waals surface area (Å²) in [5, 5.41) is 21.4. The Hall–Kier alpha value is -2.28. The maximum Gasteiger partial charge on any atom is 0.126 e. The summed E-state index contributed by atoms with van der Waals surface area (Å²) >= 11 is 0. The topological polar surface area (TPSA) is 71.4 Å². The lowest BCUT2D eigenvalue weighted by molar-refractivity contribution is -0.0588. The Morgan fingerprint density at radius 2 is 1.83 bits per heavy atom. The average Bonchev–Trinajstić information content (AvgIpc) is 2.76. The van der Waals surface area contributed by atoms with E-state index in [0.717, 1.165) is 54.3 Å². The molecule has 0 unspecified atom stereocenters. The molecule has 0 amide bonds. The van der Waals surface area contributed by atoms with Crippen LogP contribution in [0.15, 0.2) is 42.5 Å². The zero-order chi connectivity index (χ0) is 21.1. The number of hydrogen-bond donors (Lipinski definition) is 2. The Morgan fingerprint density at radius 1 is 1.13 bits per heavy atom. The molecule has 6 heteroatoms. The molecule has 162 valence electrons. The van der Waals surface area contributed by atoms with E-state index in [1.54, 1.807) is 7.11 Å². The predicted octanol–water partition coefficient (Wildman–Crippen LogP) is 3.48. The molecular weight excluding hydrogens is 382 g/mol. The van der Waals surface area contributed by atoms with Gasteiger partial charge in [0.05, 0.1) is 25.9 Å².